The lowest BCUT2D eigenvalue weighted by atomic mass is 9.89. The molecular weight excluding hydrogens is 424 g/mol. The predicted molar refractivity (Wildman–Crippen MR) is 124 cm³/mol. The molecule has 3 aromatic rings. The zero-order valence-electron chi connectivity index (χ0n) is 18.4. The SMILES string of the molecule is COCCc1n[nH]c(-c2cc(C(=O)N3CC(c4ccc(C#N)cc4)C3)c(C)cc2C)c1Cl. The molecule has 1 saturated heterocycles. The molecule has 2 heterocycles. The summed E-state index contributed by atoms with van der Waals surface area (Å²) in [6.45, 7) is 5.84. The summed E-state index contributed by atoms with van der Waals surface area (Å²) in [6, 6.07) is 13.7. The Bertz CT molecular complexity index is 1190. The highest BCUT2D eigenvalue weighted by atomic mass is 35.5. The Morgan fingerprint density at radius 1 is 1.25 bits per heavy atom. The molecule has 4 rings (SSSR count). The van der Waals surface area contributed by atoms with Gasteiger partial charge in [-0.1, -0.05) is 29.8 Å². The average Bonchev–Trinajstić information content (AvgIpc) is 3.11. The number of carbonyl (C=O) groups is 1. The molecule has 0 bridgehead atoms. The van der Waals surface area contributed by atoms with Crippen LogP contribution >= 0.6 is 11.6 Å². The van der Waals surface area contributed by atoms with Crippen molar-refractivity contribution in [1.29, 1.82) is 5.26 Å². The topological polar surface area (TPSA) is 82.0 Å². The van der Waals surface area contributed by atoms with Gasteiger partial charge in [0.1, 0.15) is 0 Å². The molecule has 1 aliphatic heterocycles. The van der Waals surface area contributed by atoms with Crippen molar-refractivity contribution < 1.29 is 9.53 Å². The maximum atomic E-state index is 13.3. The fourth-order valence-corrected chi connectivity index (χ4v) is 4.40. The number of carbonyl (C=O) groups excluding carboxylic acids is 1. The van der Waals surface area contributed by atoms with Crippen LogP contribution in [-0.4, -0.2) is 47.8 Å². The number of amides is 1. The lowest BCUT2D eigenvalue weighted by Crippen LogP contribution is -2.48. The van der Waals surface area contributed by atoms with E-state index in [-0.39, 0.29) is 5.91 Å². The van der Waals surface area contributed by atoms with Crippen molar-refractivity contribution in [3.05, 3.63) is 74.9 Å². The van der Waals surface area contributed by atoms with Gasteiger partial charge >= 0.3 is 0 Å². The van der Waals surface area contributed by atoms with E-state index in [4.69, 9.17) is 21.6 Å². The number of aromatic amines is 1. The Hall–Kier alpha value is -3.14. The maximum Gasteiger partial charge on any atom is 0.254 e. The molecule has 1 N–H and O–H groups in total. The number of ether oxygens (including phenoxy) is 1. The quantitative estimate of drug-likeness (QED) is 0.595. The van der Waals surface area contributed by atoms with Crippen LogP contribution in [0.25, 0.3) is 11.3 Å². The van der Waals surface area contributed by atoms with Gasteiger partial charge in [0.2, 0.25) is 0 Å². The largest absolute Gasteiger partial charge is 0.384 e. The highest BCUT2D eigenvalue weighted by Gasteiger charge is 2.33. The smallest absolute Gasteiger partial charge is 0.254 e. The summed E-state index contributed by atoms with van der Waals surface area (Å²) < 4.78 is 5.13. The van der Waals surface area contributed by atoms with Crippen molar-refractivity contribution in [3.63, 3.8) is 0 Å². The molecule has 2 aromatic carbocycles. The van der Waals surface area contributed by atoms with Gasteiger partial charge in [0, 0.05) is 43.7 Å². The average molecular weight is 449 g/mol. The highest BCUT2D eigenvalue weighted by Crippen LogP contribution is 2.34. The summed E-state index contributed by atoms with van der Waals surface area (Å²) in [6.07, 6.45) is 0.618. The van der Waals surface area contributed by atoms with E-state index in [2.05, 4.69) is 16.3 Å². The van der Waals surface area contributed by atoms with Gasteiger partial charge in [-0.3, -0.25) is 9.89 Å². The highest BCUT2D eigenvalue weighted by molar-refractivity contribution is 6.33. The molecule has 0 unspecified atom stereocenters. The number of nitriles is 1. The number of aryl methyl sites for hydroxylation is 2. The van der Waals surface area contributed by atoms with Gasteiger partial charge in [0.15, 0.2) is 0 Å². The number of rotatable bonds is 6. The first kappa shape index (κ1) is 22.1. The fourth-order valence-electron chi connectivity index (χ4n) is 4.12. The predicted octanol–water partition coefficient (Wildman–Crippen LogP) is 4.65. The van der Waals surface area contributed by atoms with E-state index >= 15 is 0 Å². The van der Waals surface area contributed by atoms with Gasteiger partial charge < -0.3 is 9.64 Å². The minimum absolute atomic E-state index is 0.0175. The normalized spacial score (nSPS) is 13.7. The zero-order chi connectivity index (χ0) is 22.8. The van der Waals surface area contributed by atoms with Crippen molar-refractivity contribution >= 4 is 17.5 Å². The van der Waals surface area contributed by atoms with Crippen LogP contribution in [0.1, 0.15) is 44.2 Å². The van der Waals surface area contributed by atoms with E-state index in [1.807, 2.05) is 55.1 Å². The minimum Gasteiger partial charge on any atom is -0.384 e. The van der Waals surface area contributed by atoms with E-state index < -0.39 is 0 Å². The van der Waals surface area contributed by atoms with E-state index in [1.165, 1.54) is 0 Å². The molecule has 1 aromatic heterocycles. The molecule has 6 nitrogen and oxygen atoms in total. The minimum atomic E-state index is 0.0175. The van der Waals surface area contributed by atoms with Crippen LogP contribution in [0.15, 0.2) is 36.4 Å². The van der Waals surface area contributed by atoms with Crippen molar-refractivity contribution in [2.75, 3.05) is 26.8 Å². The molecular formula is C25H25ClN4O2. The molecule has 0 saturated carbocycles. The summed E-state index contributed by atoms with van der Waals surface area (Å²) in [7, 11) is 1.64. The van der Waals surface area contributed by atoms with Gasteiger partial charge in [-0.15, -0.1) is 0 Å². The summed E-state index contributed by atoms with van der Waals surface area (Å²) in [5.41, 5.74) is 6.80. The van der Waals surface area contributed by atoms with E-state index in [0.29, 0.717) is 48.2 Å². The van der Waals surface area contributed by atoms with E-state index in [9.17, 15) is 4.79 Å². The molecule has 0 aliphatic carbocycles. The number of halogens is 1. The molecule has 32 heavy (non-hydrogen) atoms. The number of aromatic nitrogens is 2. The third-order valence-electron chi connectivity index (χ3n) is 6.07. The summed E-state index contributed by atoms with van der Waals surface area (Å²) in [4.78, 5) is 15.1. The van der Waals surface area contributed by atoms with Crippen LogP contribution in [0.4, 0.5) is 0 Å². The van der Waals surface area contributed by atoms with Crippen LogP contribution in [-0.2, 0) is 11.2 Å². The number of H-pyrrole nitrogens is 1. The standard InChI is InChI=1S/C25H25ClN4O2/c1-15-10-16(2)21(11-20(15)24-23(26)22(28-29-24)8-9-32-3)25(31)30-13-19(14-30)18-6-4-17(12-27)5-7-18/h4-7,10-11,19H,8-9,13-14H2,1-3H3,(H,28,29). The van der Waals surface area contributed by atoms with E-state index in [0.717, 1.165) is 33.6 Å². The Morgan fingerprint density at radius 2 is 1.97 bits per heavy atom. The summed E-state index contributed by atoms with van der Waals surface area (Å²) in [5.74, 6) is 0.311. The molecule has 0 spiro atoms. The maximum absolute atomic E-state index is 13.3. The van der Waals surface area contributed by atoms with Crippen LogP contribution in [0, 0.1) is 25.2 Å². The van der Waals surface area contributed by atoms with Gasteiger partial charge in [-0.2, -0.15) is 10.4 Å². The molecule has 1 fully saturated rings. The molecule has 7 heteroatoms. The Morgan fingerprint density at radius 3 is 2.62 bits per heavy atom. The van der Waals surface area contributed by atoms with Gasteiger partial charge in [-0.05, 0) is 48.7 Å². The first-order chi connectivity index (χ1) is 15.4. The molecule has 164 valence electrons. The third kappa shape index (κ3) is 4.14. The second-order valence-electron chi connectivity index (χ2n) is 8.23. The van der Waals surface area contributed by atoms with Crippen LogP contribution < -0.4 is 0 Å². The number of hydrogen-bond acceptors (Lipinski definition) is 4. The lowest BCUT2D eigenvalue weighted by Gasteiger charge is -2.40. The van der Waals surface area contributed by atoms with Crippen molar-refractivity contribution in [1.82, 2.24) is 15.1 Å². The number of nitrogens with zero attached hydrogens (tertiary/aromatic N) is 3. The Kier molecular flexibility index (Phi) is 6.31. The van der Waals surface area contributed by atoms with Crippen molar-refractivity contribution in [2.24, 2.45) is 0 Å². The summed E-state index contributed by atoms with van der Waals surface area (Å²) >= 11 is 6.58. The van der Waals surface area contributed by atoms with Crippen LogP contribution in [0.5, 0.6) is 0 Å². The molecule has 1 amide bonds. The lowest BCUT2D eigenvalue weighted by molar-refractivity contribution is 0.0601. The van der Waals surface area contributed by atoms with Crippen LogP contribution in [0.2, 0.25) is 5.02 Å². The third-order valence-corrected chi connectivity index (χ3v) is 6.48. The molecule has 0 radical (unpaired) electrons. The molecule has 1 aliphatic rings. The summed E-state index contributed by atoms with van der Waals surface area (Å²) in [5, 5.41) is 16.9. The number of methoxy groups -OCH3 is 1. The fraction of sp³-hybridized carbons (Fsp3) is 0.320. The monoisotopic (exact) mass is 448 g/mol. The van der Waals surface area contributed by atoms with Crippen LogP contribution in [0.3, 0.4) is 0 Å². The first-order valence-corrected chi connectivity index (χ1v) is 10.9. The molecule has 0 atom stereocenters. The second-order valence-corrected chi connectivity index (χ2v) is 8.60. The van der Waals surface area contributed by atoms with Gasteiger partial charge in [0.05, 0.1) is 34.7 Å². The number of hydrogen-bond donors (Lipinski definition) is 1. The number of likely N-dealkylation sites (tertiary alicyclic amines) is 1. The zero-order valence-corrected chi connectivity index (χ0v) is 19.2. The van der Waals surface area contributed by atoms with Crippen molar-refractivity contribution in [2.45, 2.75) is 26.2 Å². The second kappa shape index (κ2) is 9.15. The van der Waals surface area contributed by atoms with E-state index in [1.54, 1.807) is 7.11 Å². The van der Waals surface area contributed by atoms with Gasteiger partial charge in [-0.25, -0.2) is 0 Å². The Labute approximate surface area is 192 Å². The first-order valence-electron chi connectivity index (χ1n) is 10.6. The number of benzene rings is 2. The van der Waals surface area contributed by atoms with Crippen molar-refractivity contribution in [3.8, 4) is 17.3 Å². The van der Waals surface area contributed by atoms with Gasteiger partial charge in [0.25, 0.3) is 5.91 Å². The number of nitrogens with one attached hydrogen (secondary N) is 1. The Balaban J connectivity index is 1.54.